The molecule has 1 N–H and O–H groups in total. The predicted octanol–water partition coefficient (Wildman–Crippen LogP) is 5.19. The summed E-state index contributed by atoms with van der Waals surface area (Å²) in [6.45, 7) is 0.470. The molecule has 6 heteroatoms. The van der Waals surface area contributed by atoms with Gasteiger partial charge in [0.15, 0.2) is 0 Å². The van der Waals surface area contributed by atoms with Gasteiger partial charge in [-0.2, -0.15) is 0 Å². The van der Waals surface area contributed by atoms with Crippen LogP contribution < -0.4 is 9.46 Å². The molecule has 4 nitrogen and oxygen atoms in total. The Labute approximate surface area is 169 Å². The second kappa shape index (κ2) is 7.34. The van der Waals surface area contributed by atoms with Crippen LogP contribution in [0.1, 0.15) is 22.3 Å². The molecule has 0 aliphatic carbocycles. The molecule has 0 fully saturated rings. The number of sulfonamides is 1. The molecule has 0 atom stereocenters. The SMILES string of the molecule is CS(=O)(=O)Nc1cccc(C=C2c3ccccc3COc3ccc(Cl)cc32)c1. The first-order valence-corrected chi connectivity index (χ1v) is 11.0. The Morgan fingerprint density at radius 3 is 2.64 bits per heavy atom. The van der Waals surface area contributed by atoms with Crippen LogP contribution in [0.15, 0.2) is 66.7 Å². The molecule has 0 bridgehead atoms. The van der Waals surface area contributed by atoms with Gasteiger partial charge in [-0.3, -0.25) is 4.72 Å². The van der Waals surface area contributed by atoms with Crippen LogP contribution in [0.4, 0.5) is 5.69 Å². The van der Waals surface area contributed by atoms with E-state index in [0.29, 0.717) is 17.3 Å². The van der Waals surface area contributed by atoms with Gasteiger partial charge in [0, 0.05) is 16.3 Å². The van der Waals surface area contributed by atoms with Gasteiger partial charge in [0.2, 0.25) is 10.0 Å². The summed E-state index contributed by atoms with van der Waals surface area (Å²) in [5.74, 6) is 0.761. The molecule has 4 rings (SSSR count). The lowest BCUT2D eigenvalue weighted by molar-refractivity contribution is 0.307. The Morgan fingerprint density at radius 1 is 1.00 bits per heavy atom. The van der Waals surface area contributed by atoms with Crippen molar-refractivity contribution >= 4 is 39.0 Å². The van der Waals surface area contributed by atoms with Crippen LogP contribution in [0, 0.1) is 0 Å². The summed E-state index contributed by atoms with van der Waals surface area (Å²) in [5.41, 5.74) is 5.39. The average molecular weight is 412 g/mol. The summed E-state index contributed by atoms with van der Waals surface area (Å²) in [4.78, 5) is 0. The molecule has 0 saturated carbocycles. The van der Waals surface area contributed by atoms with Gasteiger partial charge in [-0.25, -0.2) is 8.42 Å². The van der Waals surface area contributed by atoms with E-state index in [1.165, 1.54) is 0 Å². The number of rotatable bonds is 3. The number of benzene rings is 3. The fraction of sp³-hybridized carbons (Fsp3) is 0.0909. The van der Waals surface area contributed by atoms with E-state index in [9.17, 15) is 8.42 Å². The zero-order chi connectivity index (χ0) is 19.7. The van der Waals surface area contributed by atoms with Gasteiger partial charge < -0.3 is 4.74 Å². The summed E-state index contributed by atoms with van der Waals surface area (Å²) < 4.78 is 31.6. The highest BCUT2D eigenvalue weighted by molar-refractivity contribution is 7.92. The molecule has 3 aromatic rings. The lowest BCUT2D eigenvalue weighted by Crippen LogP contribution is -2.09. The van der Waals surface area contributed by atoms with E-state index in [0.717, 1.165) is 39.8 Å². The summed E-state index contributed by atoms with van der Waals surface area (Å²) in [6.07, 6.45) is 3.16. The van der Waals surface area contributed by atoms with Crippen molar-refractivity contribution in [2.24, 2.45) is 0 Å². The number of hydrogen-bond acceptors (Lipinski definition) is 3. The van der Waals surface area contributed by atoms with Gasteiger partial charge in [-0.1, -0.05) is 48.0 Å². The Kier molecular flexibility index (Phi) is 4.87. The maximum Gasteiger partial charge on any atom is 0.229 e. The molecular formula is C22H18ClNO3S. The molecule has 1 heterocycles. The normalized spacial score (nSPS) is 14.6. The van der Waals surface area contributed by atoms with Crippen LogP contribution in [0.3, 0.4) is 0 Å². The molecule has 1 aliphatic heterocycles. The fourth-order valence-corrected chi connectivity index (χ4v) is 4.00. The van der Waals surface area contributed by atoms with E-state index in [1.807, 2.05) is 54.6 Å². The Bertz CT molecular complexity index is 1190. The van der Waals surface area contributed by atoms with Crippen LogP contribution >= 0.6 is 11.6 Å². The highest BCUT2D eigenvalue weighted by Crippen LogP contribution is 2.39. The first-order valence-electron chi connectivity index (χ1n) is 8.70. The first-order chi connectivity index (χ1) is 13.4. The zero-order valence-corrected chi connectivity index (χ0v) is 16.7. The van der Waals surface area contributed by atoms with Gasteiger partial charge in [-0.15, -0.1) is 0 Å². The monoisotopic (exact) mass is 411 g/mol. The molecule has 0 spiro atoms. The molecule has 0 amide bonds. The minimum atomic E-state index is -3.34. The second-order valence-electron chi connectivity index (χ2n) is 6.64. The van der Waals surface area contributed by atoms with Crippen molar-refractivity contribution in [1.29, 1.82) is 0 Å². The van der Waals surface area contributed by atoms with E-state index < -0.39 is 10.0 Å². The molecule has 0 unspecified atom stereocenters. The molecule has 28 heavy (non-hydrogen) atoms. The summed E-state index contributed by atoms with van der Waals surface area (Å²) >= 11 is 6.26. The van der Waals surface area contributed by atoms with E-state index in [1.54, 1.807) is 12.1 Å². The molecule has 142 valence electrons. The van der Waals surface area contributed by atoms with Gasteiger partial charge in [0.1, 0.15) is 12.4 Å². The van der Waals surface area contributed by atoms with Crippen molar-refractivity contribution < 1.29 is 13.2 Å². The maximum atomic E-state index is 11.6. The quantitative estimate of drug-likeness (QED) is 0.645. The van der Waals surface area contributed by atoms with E-state index in [2.05, 4.69) is 10.8 Å². The number of fused-ring (bicyclic) bond motifs is 2. The summed E-state index contributed by atoms with van der Waals surface area (Å²) in [7, 11) is -3.34. The Morgan fingerprint density at radius 2 is 1.82 bits per heavy atom. The molecule has 3 aromatic carbocycles. The van der Waals surface area contributed by atoms with Crippen LogP contribution in [0.25, 0.3) is 11.6 Å². The Hall–Kier alpha value is -2.76. The van der Waals surface area contributed by atoms with Crippen molar-refractivity contribution in [3.8, 4) is 5.75 Å². The highest BCUT2D eigenvalue weighted by Gasteiger charge is 2.19. The molecule has 0 saturated heterocycles. The van der Waals surface area contributed by atoms with E-state index in [-0.39, 0.29) is 0 Å². The molecule has 0 aromatic heterocycles. The van der Waals surface area contributed by atoms with Crippen LogP contribution in [0.2, 0.25) is 5.02 Å². The third kappa shape index (κ3) is 4.06. The van der Waals surface area contributed by atoms with Crippen LogP contribution in [-0.2, 0) is 16.6 Å². The van der Waals surface area contributed by atoms with Gasteiger partial charge in [0.05, 0.1) is 6.26 Å². The zero-order valence-electron chi connectivity index (χ0n) is 15.1. The number of ether oxygens (including phenoxy) is 1. The summed E-state index contributed by atoms with van der Waals surface area (Å²) in [5, 5.41) is 0.625. The van der Waals surface area contributed by atoms with Crippen molar-refractivity contribution in [3.63, 3.8) is 0 Å². The number of hydrogen-bond donors (Lipinski definition) is 1. The predicted molar refractivity (Wildman–Crippen MR) is 114 cm³/mol. The largest absolute Gasteiger partial charge is 0.488 e. The van der Waals surface area contributed by atoms with Crippen molar-refractivity contribution in [3.05, 3.63) is 94.0 Å². The van der Waals surface area contributed by atoms with E-state index >= 15 is 0 Å². The van der Waals surface area contributed by atoms with E-state index in [4.69, 9.17) is 16.3 Å². The highest BCUT2D eigenvalue weighted by atomic mass is 35.5. The third-order valence-electron chi connectivity index (χ3n) is 4.42. The average Bonchev–Trinajstić information content (AvgIpc) is 2.78. The maximum absolute atomic E-state index is 11.6. The minimum absolute atomic E-state index is 0.470. The summed E-state index contributed by atoms with van der Waals surface area (Å²) in [6, 6.07) is 20.9. The standard InChI is InChI=1S/C22H18ClNO3S/c1-28(25,26)24-18-7-4-5-15(11-18)12-20-19-8-3-2-6-16(19)14-27-22-10-9-17(23)13-21(20)22/h2-13,24H,14H2,1H3. The fourth-order valence-electron chi connectivity index (χ4n) is 3.28. The van der Waals surface area contributed by atoms with Gasteiger partial charge in [0.25, 0.3) is 0 Å². The lowest BCUT2D eigenvalue weighted by Gasteiger charge is -2.12. The van der Waals surface area contributed by atoms with Crippen LogP contribution in [-0.4, -0.2) is 14.7 Å². The topological polar surface area (TPSA) is 55.4 Å². The van der Waals surface area contributed by atoms with Crippen LogP contribution in [0.5, 0.6) is 5.75 Å². The molecular weight excluding hydrogens is 394 g/mol. The lowest BCUT2D eigenvalue weighted by atomic mass is 9.92. The third-order valence-corrected chi connectivity index (χ3v) is 5.26. The second-order valence-corrected chi connectivity index (χ2v) is 8.83. The minimum Gasteiger partial charge on any atom is -0.488 e. The number of nitrogens with one attached hydrogen (secondary N) is 1. The van der Waals surface area contributed by atoms with Crippen molar-refractivity contribution in [2.75, 3.05) is 11.0 Å². The van der Waals surface area contributed by atoms with Crippen molar-refractivity contribution in [1.82, 2.24) is 0 Å². The Balaban J connectivity index is 1.89. The number of anilines is 1. The van der Waals surface area contributed by atoms with Gasteiger partial charge in [-0.05, 0) is 58.7 Å². The number of halogens is 1. The van der Waals surface area contributed by atoms with Gasteiger partial charge >= 0.3 is 0 Å². The molecule has 0 radical (unpaired) electrons. The smallest absolute Gasteiger partial charge is 0.229 e. The first kappa shape index (κ1) is 18.6. The molecule has 1 aliphatic rings. The van der Waals surface area contributed by atoms with Crippen molar-refractivity contribution in [2.45, 2.75) is 6.61 Å².